The number of nitrogens with zero attached hydrogens (tertiary/aromatic N) is 2. The van der Waals surface area contributed by atoms with E-state index >= 15 is 0 Å². The van der Waals surface area contributed by atoms with E-state index in [-0.39, 0.29) is 5.84 Å². The summed E-state index contributed by atoms with van der Waals surface area (Å²) in [6.45, 7) is 1.88. The number of aryl methyl sites for hydroxylation is 1. The van der Waals surface area contributed by atoms with Crippen LogP contribution in [0.25, 0.3) is 0 Å². The Hall–Kier alpha value is -1.59. The first-order valence-electron chi connectivity index (χ1n) is 5.18. The molecule has 0 radical (unpaired) electrons. The Labute approximate surface area is 114 Å². The number of pyridine rings is 2. The number of halogens is 1. The highest BCUT2D eigenvalue weighted by molar-refractivity contribution is 7.99. The van der Waals surface area contributed by atoms with Gasteiger partial charge in [-0.2, -0.15) is 0 Å². The average molecular weight is 279 g/mol. The van der Waals surface area contributed by atoms with Gasteiger partial charge in [-0.25, -0.2) is 9.97 Å². The van der Waals surface area contributed by atoms with E-state index in [0.29, 0.717) is 20.6 Å². The summed E-state index contributed by atoms with van der Waals surface area (Å²) in [4.78, 5) is 8.56. The molecule has 0 bridgehead atoms. The summed E-state index contributed by atoms with van der Waals surface area (Å²) in [5.41, 5.74) is 6.98. The summed E-state index contributed by atoms with van der Waals surface area (Å²) in [5, 5.41) is 9.39. The molecule has 0 atom stereocenters. The topological polar surface area (TPSA) is 75.7 Å². The molecule has 0 unspecified atom stereocenters. The molecule has 0 amide bonds. The minimum atomic E-state index is -0.0166. The van der Waals surface area contributed by atoms with Crippen molar-refractivity contribution in [1.29, 1.82) is 5.41 Å². The molecular formula is C12H11ClN4S. The second kappa shape index (κ2) is 5.37. The maximum absolute atomic E-state index is 7.54. The zero-order valence-electron chi connectivity index (χ0n) is 9.64. The van der Waals surface area contributed by atoms with E-state index in [4.69, 9.17) is 22.7 Å². The predicted octanol–water partition coefficient (Wildman–Crippen LogP) is 2.87. The van der Waals surface area contributed by atoms with E-state index in [2.05, 4.69) is 9.97 Å². The SMILES string of the molecule is Cc1ccc(C(=N)N)c(Sc2ncccc2Cl)n1. The first kappa shape index (κ1) is 12.9. The van der Waals surface area contributed by atoms with Crippen molar-refractivity contribution < 1.29 is 0 Å². The van der Waals surface area contributed by atoms with E-state index in [9.17, 15) is 0 Å². The van der Waals surface area contributed by atoms with E-state index in [1.54, 1.807) is 24.4 Å². The van der Waals surface area contributed by atoms with Crippen molar-refractivity contribution >= 4 is 29.2 Å². The normalized spacial score (nSPS) is 10.3. The third-order valence-electron chi connectivity index (χ3n) is 2.21. The predicted molar refractivity (Wildman–Crippen MR) is 73.4 cm³/mol. The number of aromatic nitrogens is 2. The van der Waals surface area contributed by atoms with Crippen LogP contribution in [0.5, 0.6) is 0 Å². The number of hydrogen-bond donors (Lipinski definition) is 2. The lowest BCUT2D eigenvalue weighted by Gasteiger charge is -2.08. The van der Waals surface area contributed by atoms with Crippen molar-refractivity contribution in [3.63, 3.8) is 0 Å². The molecule has 2 aromatic rings. The Kier molecular flexibility index (Phi) is 3.84. The number of nitrogen functional groups attached to an aromatic ring is 1. The van der Waals surface area contributed by atoms with Gasteiger partial charge in [0.25, 0.3) is 0 Å². The quantitative estimate of drug-likeness (QED) is 0.669. The van der Waals surface area contributed by atoms with Crippen molar-refractivity contribution in [2.75, 3.05) is 0 Å². The molecule has 18 heavy (non-hydrogen) atoms. The molecule has 3 N–H and O–H groups in total. The zero-order chi connectivity index (χ0) is 13.1. The molecule has 0 spiro atoms. The molecular weight excluding hydrogens is 268 g/mol. The maximum Gasteiger partial charge on any atom is 0.125 e. The van der Waals surface area contributed by atoms with Crippen LogP contribution < -0.4 is 5.73 Å². The van der Waals surface area contributed by atoms with Gasteiger partial charge < -0.3 is 5.73 Å². The number of rotatable bonds is 3. The second-order valence-corrected chi connectivity index (χ2v) is 5.00. The van der Waals surface area contributed by atoms with Gasteiger partial charge in [-0.15, -0.1) is 0 Å². The number of nitrogens with two attached hydrogens (primary N) is 1. The van der Waals surface area contributed by atoms with Gasteiger partial charge in [-0.3, -0.25) is 5.41 Å². The first-order valence-corrected chi connectivity index (χ1v) is 6.38. The Morgan fingerprint density at radius 3 is 2.78 bits per heavy atom. The van der Waals surface area contributed by atoms with Crippen LogP contribution in [-0.4, -0.2) is 15.8 Å². The monoisotopic (exact) mass is 278 g/mol. The van der Waals surface area contributed by atoms with Gasteiger partial charge >= 0.3 is 0 Å². The minimum Gasteiger partial charge on any atom is -0.384 e. The molecule has 2 aromatic heterocycles. The molecule has 0 aliphatic heterocycles. The summed E-state index contributed by atoms with van der Waals surface area (Å²) in [6.07, 6.45) is 1.66. The first-order chi connectivity index (χ1) is 8.58. The van der Waals surface area contributed by atoms with Crippen LogP contribution >= 0.6 is 23.4 Å². The summed E-state index contributed by atoms with van der Waals surface area (Å²) >= 11 is 7.36. The zero-order valence-corrected chi connectivity index (χ0v) is 11.2. The van der Waals surface area contributed by atoms with Gasteiger partial charge in [0, 0.05) is 17.5 Å². The summed E-state index contributed by atoms with van der Waals surface area (Å²) < 4.78 is 0. The van der Waals surface area contributed by atoms with Crippen molar-refractivity contribution in [3.05, 3.63) is 46.7 Å². The highest BCUT2D eigenvalue weighted by Gasteiger charge is 2.11. The van der Waals surface area contributed by atoms with Gasteiger partial charge in [-0.1, -0.05) is 11.6 Å². The standard InChI is InChI=1S/C12H11ClN4S/c1-7-4-5-8(10(14)15)11(17-7)18-12-9(13)3-2-6-16-12/h2-6H,1H3,(H3,14,15). The van der Waals surface area contributed by atoms with E-state index < -0.39 is 0 Å². The Balaban J connectivity index is 2.42. The second-order valence-electron chi connectivity index (χ2n) is 3.61. The van der Waals surface area contributed by atoms with Gasteiger partial charge in [0.05, 0.1) is 5.02 Å². The summed E-state index contributed by atoms with van der Waals surface area (Å²) in [5.74, 6) is -0.0166. The van der Waals surface area contributed by atoms with Crippen molar-refractivity contribution in [1.82, 2.24) is 9.97 Å². The molecule has 4 nitrogen and oxygen atoms in total. The van der Waals surface area contributed by atoms with Crippen LogP contribution in [0, 0.1) is 12.3 Å². The molecule has 2 rings (SSSR count). The largest absolute Gasteiger partial charge is 0.384 e. The van der Waals surface area contributed by atoms with Crippen molar-refractivity contribution in [2.45, 2.75) is 17.0 Å². The van der Waals surface area contributed by atoms with Crippen LogP contribution in [0.3, 0.4) is 0 Å². The van der Waals surface area contributed by atoms with Crippen molar-refractivity contribution in [2.24, 2.45) is 5.73 Å². The average Bonchev–Trinajstić information content (AvgIpc) is 2.32. The molecule has 0 aliphatic carbocycles. The lowest BCUT2D eigenvalue weighted by Crippen LogP contribution is -2.13. The molecule has 0 saturated carbocycles. The van der Waals surface area contributed by atoms with Crippen LogP contribution in [0.1, 0.15) is 11.3 Å². The molecule has 2 heterocycles. The van der Waals surface area contributed by atoms with Gasteiger partial charge in [0.1, 0.15) is 15.9 Å². The molecule has 0 saturated heterocycles. The van der Waals surface area contributed by atoms with E-state index in [0.717, 1.165) is 5.69 Å². The molecule has 0 fully saturated rings. The Morgan fingerprint density at radius 1 is 1.33 bits per heavy atom. The molecule has 6 heteroatoms. The van der Waals surface area contributed by atoms with Crippen LogP contribution in [-0.2, 0) is 0 Å². The fourth-order valence-corrected chi connectivity index (χ4v) is 2.53. The summed E-state index contributed by atoms with van der Waals surface area (Å²) in [7, 11) is 0. The molecule has 0 aliphatic rings. The lowest BCUT2D eigenvalue weighted by atomic mass is 10.2. The van der Waals surface area contributed by atoms with Crippen LogP contribution in [0.2, 0.25) is 5.02 Å². The summed E-state index contributed by atoms with van der Waals surface area (Å²) in [6, 6.07) is 7.13. The number of hydrogen-bond acceptors (Lipinski definition) is 4. The molecule has 92 valence electrons. The maximum atomic E-state index is 7.54. The van der Waals surface area contributed by atoms with Gasteiger partial charge in [-0.05, 0) is 43.0 Å². The number of nitrogens with one attached hydrogen (secondary N) is 1. The van der Waals surface area contributed by atoms with Crippen LogP contribution in [0.4, 0.5) is 0 Å². The van der Waals surface area contributed by atoms with Gasteiger partial charge in [0.2, 0.25) is 0 Å². The van der Waals surface area contributed by atoms with Gasteiger partial charge in [0.15, 0.2) is 0 Å². The van der Waals surface area contributed by atoms with E-state index in [1.165, 1.54) is 11.8 Å². The van der Waals surface area contributed by atoms with E-state index in [1.807, 2.05) is 13.0 Å². The Bertz CT molecular complexity index is 600. The highest BCUT2D eigenvalue weighted by Crippen LogP contribution is 2.32. The highest BCUT2D eigenvalue weighted by atomic mass is 35.5. The third kappa shape index (κ3) is 2.80. The fourth-order valence-electron chi connectivity index (χ4n) is 1.35. The van der Waals surface area contributed by atoms with Crippen molar-refractivity contribution in [3.8, 4) is 0 Å². The lowest BCUT2D eigenvalue weighted by molar-refractivity contribution is 1.04. The minimum absolute atomic E-state index is 0.0166. The molecule has 0 aromatic carbocycles. The number of amidine groups is 1. The van der Waals surface area contributed by atoms with Crippen LogP contribution in [0.15, 0.2) is 40.5 Å². The Morgan fingerprint density at radius 2 is 2.11 bits per heavy atom. The third-order valence-corrected chi connectivity index (χ3v) is 3.65. The fraction of sp³-hybridized carbons (Fsp3) is 0.0833. The smallest absolute Gasteiger partial charge is 0.125 e.